The molecule has 0 radical (unpaired) electrons. The number of carbonyl (C=O) groups excluding carboxylic acids is 3. The van der Waals surface area contributed by atoms with Gasteiger partial charge in [0.25, 0.3) is 0 Å². The Labute approximate surface area is 172 Å². The topological polar surface area (TPSA) is 150 Å². The molecule has 2 rings (SSSR count). The van der Waals surface area contributed by atoms with E-state index in [2.05, 4.69) is 5.32 Å². The molecule has 10 heteroatoms. The molecule has 4 N–H and O–H groups in total. The summed E-state index contributed by atoms with van der Waals surface area (Å²) in [7, 11) is 0. The molecule has 1 aliphatic carbocycles. The maximum atomic E-state index is 11.3. The van der Waals surface area contributed by atoms with Gasteiger partial charge in [0.05, 0.1) is 6.61 Å². The summed E-state index contributed by atoms with van der Waals surface area (Å²) in [5.74, 6) is -0.390. The molecule has 1 unspecified atom stereocenters. The van der Waals surface area contributed by atoms with Crippen LogP contribution in [-0.4, -0.2) is 51.7 Å². The van der Waals surface area contributed by atoms with Crippen molar-refractivity contribution in [3.8, 4) is 5.75 Å². The molecule has 1 fully saturated rings. The average Bonchev–Trinajstić information content (AvgIpc) is 3.04. The number of rotatable bonds is 7. The Kier molecular flexibility index (Phi) is 10.2. The van der Waals surface area contributed by atoms with Crippen molar-refractivity contribution in [3.05, 3.63) is 18.2 Å². The number of ketones is 1. The van der Waals surface area contributed by atoms with Gasteiger partial charge in [0, 0.05) is 18.8 Å². The Hall–Kier alpha value is -2.09. The second-order valence-electron chi connectivity index (χ2n) is 6.67. The van der Waals surface area contributed by atoms with Gasteiger partial charge >= 0.3 is 94.1 Å². The van der Waals surface area contributed by atoms with Crippen LogP contribution in [0, 0.1) is 5.92 Å². The molecule has 0 bridgehead atoms. The minimum Gasteiger partial charge on any atom is -0.466 e. The fraction of sp³-hybridized carbons (Fsp3) is 0.526. The van der Waals surface area contributed by atoms with E-state index in [0.717, 1.165) is 32.1 Å². The van der Waals surface area contributed by atoms with E-state index in [-0.39, 0.29) is 27.7 Å². The SMILES string of the molecule is CC(=O)Nc1c(O)cccc1[As](=O)(O)O.CCC(=O)OCCCC1CCCC1=O. The number of hydrogen-bond acceptors (Lipinski definition) is 6. The van der Waals surface area contributed by atoms with Crippen LogP contribution in [0.3, 0.4) is 0 Å². The number of carbonyl (C=O) groups is 3. The number of benzene rings is 1. The number of anilines is 1. The Morgan fingerprint density at radius 3 is 2.52 bits per heavy atom. The third kappa shape index (κ3) is 8.85. The molecule has 1 aromatic rings. The van der Waals surface area contributed by atoms with Crippen LogP contribution in [0.1, 0.15) is 52.4 Å². The molecule has 29 heavy (non-hydrogen) atoms. The van der Waals surface area contributed by atoms with Crippen molar-refractivity contribution in [1.29, 1.82) is 0 Å². The third-order valence-electron chi connectivity index (χ3n) is 4.32. The quantitative estimate of drug-likeness (QED) is 0.198. The van der Waals surface area contributed by atoms with Crippen LogP contribution in [-0.2, 0) is 22.9 Å². The summed E-state index contributed by atoms with van der Waals surface area (Å²) in [6, 6.07) is 3.71. The smallest absolute Gasteiger partial charge is 0.305 e. The molecular formula is C19H28AsNO8. The fourth-order valence-electron chi connectivity index (χ4n) is 2.89. The minimum atomic E-state index is -5.14. The van der Waals surface area contributed by atoms with E-state index < -0.39 is 20.1 Å². The minimum absolute atomic E-state index is 0.150. The van der Waals surface area contributed by atoms with Crippen molar-refractivity contribution in [1.82, 2.24) is 0 Å². The van der Waals surface area contributed by atoms with E-state index in [0.29, 0.717) is 18.8 Å². The molecule has 1 amide bonds. The number of Topliss-reactive ketones (excluding diaryl/α,β-unsaturated/α-hetero) is 1. The molecule has 162 valence electrons. The van der Waals surface area contributed by atoms with Crippen molar-refractivity contribution >= 4 is 41.9 Å². The first-order chi connectivity index (χ1) is 13.6. The van der Waals surface area contributed by atoms with Crippen LogP contribution in [0.5, 0.6) is 5.75 Å². The van der Waals surface area contributed by atoms with Crippen LogP contribution in [0.4, 0.5) is 5.69 Å². The van der Waals surface area contributed by atoms with Crippen molar-refractivity contribution in [2.45, 2.75) is 52.4 Å². The van der Waals surface area contributed by atoms with Gasteiger partial charge in [-0.25, -0.2) is 0 Å². The van der Waals surface area contributed by atoms with Crippen LogP contribution in [0.15, 0.2) is 18.2 Å². The van der Waals surface area contributed by atoms with Gasteiger partial charge in [-0.1, -0.05) is 6.92 Å². The average molecular weight is 473 g/mol. The Bertz CT molecular complexity index is 773. The largest absolute Gasteiger partial charge is 0.466 e. The number of hydrogen-bond donors (Lipinski definition) is 4. The van der Waals surface area contributed by atoms with Crippen molar-refractivity contribution in [2.75, 3.05) is 11.9 Å². The monoisotopic (exact) mass is 473 g/mol. The zero-order valence-electron chi connectivity index (χ0n) is 16.6. The van der Waals surface area contributed by atoms with E-state index >= 15 is 0 Å². The van der Waals surface area contributed by atoms with Crippen molar-refractivity contribution < 1.29 is 36.2 Å². The summed E-state index contributed by atoms with van der Waals surface area (Å²) < 4.78 is 33.7. The summed E-state index contributed by atoms with van der Waals surface area (Å²) >= 11 is -5.14. The summed E-state index contributed by atoms with van der Waals surface area (Å²) in [4.78, 5) is 32.8. The van der Waals surface area contributed by atoms with E-state index in [9.17, 15) is 23.2 Å². The van der Waals surface area contributed by atoms with Gasteiger partial charge in [0.15, 0.2) is 0 Å². The molecule has 0 spiro atoms. The third-order valence-corrected chi connectivity index (χ3v) is 6.41. The molecule has 0 heterocycles. The Morgan fingerprint density at radius 1 is 1.31 bits per heavy atom. The van der Waals surface area contributed by atoms with E-state index in [1.54, 1.807) is 6.92 Å². The first-order valence-electron chi connectivity index (χ1n) is 9.40. The molecular weight excluding hydrogens is 445 g/mol. The van der Waals surface area contributed by atoms with E-state index in [1.807, 2.05) is 0 Å². The number of phenols is 1. The standard InChI is InChI=1S/C11H18O3.C8H10AsNO5/c1-2-11(13)14-8-4-6-9-5-3-7-10(9)12;1-5(11)10-8-6(9(13,14)15)3-2-4-7(8)12/h9H,2-8H2,1H3;2-4,12H,1H3,(H,10,11)(H2,13,14,15). The van der Waals surface area contributed by atoms with Gasteiger partial charge in [-0.3, -0.25) is 9.59 Å². The van der Waals surface area contributed by atoms with Crippen LogP contribution in [0.2, 0.25) is 0 Å². The predicted octanol–water partition coefficient (Wildman–Crippen LogP) is 1.00. The van der Waals surface area contributed by atoms with Crippen molar-refractivity contribution in [3.63, 3.8) is 0 Å². The molecule has 1 atom stereocenters. The fourth-order valence-corrected chi connectivity index (χ4v) is 4.44. The normalized spacial score (nSPS) is 16.0. The number of para-hydroxylation sites is 1. The molecule has 1 saturated carbocycles. The molecule has 0 saturated heterocycles. The predicted molar refractivity (Wildman–Crippen MR) is 106 cm³/mol. The zero-order chi connectivity index (χ0) is 22.0. The number of ether oxygens (including phenoxy) is 1. The summed E-state index contributed by atoms with van der Waals surface area (Å²) in [5.41, 5.74) is -0.225. The second kappa shape index (κ2) is 11.8. The van der Waals surface area contributed by atoms with Gasteiger partial charge in [-0.15, -0.1) is 0 Å². The molecule has 9 nitrogen and oxygen atoms in total. The number of aromatic hydroxyl groups is 1. The van der Waals surface area contributed by atoms with Gasteiger partial charge < -0.3 is 4.74 Å². The Morgan fingerprint density at radius 2 is 2.00 bits per heavy atom. The van der Waals surface area contributed by atoms with Gasteiger partial charge in [-0.2, -0.15) is 0 Å². The van der Waals surface area contributed by atoms with Crippen LogP contribution in [0.25, 0.3) is 0 Å². The maximum absolute atomic E-state index is 11.3. The van der Waals surface area contributed by atoms with Crippen LogP contribution < -0.4 is 9.67 Å². The summed E-state index contributed by atoms with van der Waals surface area (Å²) in [6.45, 7) is 3.43. The number of esters is 1. The first-order valence-corrected chi connectivity index (χ1v) is 12.8. The first kappa shape index (κ1) is 24.9. The van der Waals surface area contributed by atoms with Gasteiger partial charge in [0.1, 0.15) is 5.78 Å². The summed E-state index contributed by atoms with van der Waals surface area (Å²) in [5, 5.41) is 11.5. The van der Waals surface area contributed by atoms with E-state index in [1.165, 1.54) is 25.1 Å². The Balaban J connectivity index is 0.000000291. The van der Waals surface area contributed by atoms with E-state index in [4.69, 9.17) is 12.9 Å². The number of nitrogens with one attached hydrogen (secondary N) is 1. The molecule has 1 aromatic carbocycles. The number of phenolic OH excluding ortho intramolecular Hbond substituents is 1. The van der Waals surface area contributed by atoms with Crippen molar-refractivity contribution in [2.24, 2.45) is 5.92 Å². The zero-order valence-corrected chi connectivity index (χ0v) is 18.5. The second-order valence-corrected chi connectivity index (χ2v) is 9.96. The van der Waals surface area contributed by atoms with Crippen LogP contribution >= 0.6 is 0 Å². The number of amides is 1. The van der Waals surface area contributed by atoms with Gasteiger partial charge in [0.2, 0.25) is 0 Å². The molecule has 1 aliphatic rings. The molecule has 0 aliphatic heterocycles. The molecule has 0 aromatic heterocycles. The summed E-state index contributed by atoms with van der Waals surface area (Å²) in [6.07, 6.45) is 4.96. The maximum Gasteiger partial charge on any atom is 0.305 e. The van der Waals surface area contributed by atoms with Gasteiger partial charge in [-0.05, 0) is 25.7 Å².